The molecule has 2 nitrogen and oxygen atoms in total. The first-order valence-corrected chi connectivity index (χ1v) is 5.13. The molecule has 2 N–H and O–H groups in total. The van der Waals surface area contributed by atoms with Crippen molar-refractivity contribution in [3.63, 3.8) is 0 Å². The molecule has 2 aromatic rings. The van der Waals surface area contributed by atoms with Gasteiger partial charge >= 0.3 is 0 Å². The molecular formula is C13H11F2NO. The Balaban J connectivity index is 2.13. The number of phenolic OH excluding ortho intramolecular Hbond substituents is 1. The molecule has 0 saturated heterocycles. The molecule has 4 heteroatoms. The second kappa shape index (κ2) is 4.82. The van der Waals surface area contributed by atoms with Gasteiger partial charge in [0.05, 0.1) is 5.69 Å². The number of nitrogens with one attached hydrogen (secondary N) is 1. The van der Waals surface area contributed by atoms with Gasteiger partial charge in [0.15, 0.2) is 11.6 Å². The number of rotatable bonds is 3. The standard InChI is InChI=1S/C13H11F2NO/c14-10-5-3-6-11(13(10)15)16-8-9-4-1-2-7-12(9)17/h1-7,16-17H,8H2. The van der Waals surface area contributed by atoms with Gasteiger partial charge in [-0.1, -0.05) is 24.3 Å². The Hall–Kier alpha value is -2.10. The van der Waals surface area contributed by atoms with E-state index in [1.54, 1.807) is 24.3 Å². The summed E-state index contributed by atoms with van der Waals surface area (Å²) in [5, 5.41) is 12.2. The fourth-order valence-corrected chi connectivity index (χ4v) is 1.49. The summed E-state index contributed by atoms with van der Waals surface area (Å²) in [5.41, 5.74) is 0.699. The van der Waals surface area contributed by atoms with Crippen molar-refractivity contribution < 1.29 is 13.9 Å². The predicted molar refractivity (Wildman–Crippen MR) is 61.8 cm³/mol. The van der Waals surface area contributed by atoms with E-state index in [0.29, 0.717) is 5.56 Å². The molecular weight excluding hydrogens is 224 g/mol. The normalized spacial score (nSPS) is 10.2. The van der Waals surface area contributed by atoms with E-state index in [1.165, 1.54) is 12.1 Å². The highest BCUT2D eigenvalue weighted by Crippen LogP contribution is 2.20. The highest BCUT2D eigenvalue weighted by atomic mass is 19.2. The van der Waals surface area contributed by atoms with Crippen molar-refractivity contribution in [2.45, 2.75) is 6.54 Å². The summed E-state index contributed by atoms with van der Waals surface area (Å²) in [5.74, 6) is -1.69. The van der Waals surface area contributed by atoms with Crippen LogP contribution in [0, 0.1) is 11.6 Å². The third-order valence-electron chi connectivity index (χ3n) is 2.41. The van der Waals surface area contributed by atoms with Crippen molar-refractivity contribution in [1.29, 1.82) is 0 Å². The van der Waals surface area contributed by atoms with E-state index in [2.05, 4.69) is 5.32 Å². The molecule has 0 aliphatic rings. The van der Waals surface area contributed by atoms with Gasteiger partial charge in [0.2, 0.25) is 0 Å². The molecule has 0 aromatic heterocycles. The highest BCUT2D eigenvalue weighted by Gasteiger charge is 2.07. The molecule has 0 unspecified atom stereocenters. The number of hydrogen-bond acceptors (Lipinski definition) is 2. The summed E-state index contributed by atoms with van der Waals surface area (Å²) >= 11 is 0. The Morgan fingerprint density at radius 3 is 2.53 bits per heavy atom. The molecule has 2 aromatic carbocycles. The summed E-state index contributed by atoms with van der Waals surface area (Å²) < 4.78 is 26.2. The van der Waals surface area contributed by atoms with Crippen molar-refractivity contribution in [3.05, 3.63) is 59.7 Å². The first-order chi connectivity index (χ1) is 8.18. The maximum atomic E-state index is 13.3. The summed E-state index contributed by atoms with van der Waals surface area (Å²) in [6.07, 6.45) is 0. The first kappa shape index (κ1) is 11.4. The number of anilines is 1. The molecule has 0 aliphatic carbocycles. The van der Waals surface area contributed by atoms with Gasteiger partial charge in [-0.3, -0.25) is 0 Å². The smallest absolute Gasteiger partial charge is 0.181 e. The molecule has 0 saturated carbocycles. The third kappa shape index (κ3) is 2.53. The Kier molecular flexibility index (Phi) is 3.23. The minimum atomic E-state index is -0.914. The van der Waals surface area contributed by atoms with Gasteiger partial charge in [-0.25, -0.2) is 8.78 Å². The molecule has 0 amide bonds. The fraction of sp³-hybridized carbons (Fsp3) is 0.0769. The van der Waals surface area contributed by atoms with Crippen LogP contribution in [-0.4, -0.2) is 5.11 Å². The van der Waals surface area contributed by atoms with Crippen LogP contribution in [0.3, 0.4) is 0 Å². The van der Waals surface area contributed by atoms with Crippen molar-refractivity contribution in [2.24, 2.45) is 0 Å². The zero-order valence-corrected chi connectivity index (χ0v) is 8.95. The van der Waals surface area contributed by atoms with E-state index in [9.17, 15) is 13.9 Å². The Bertz CT molecular complexity index is 529. The average molecular weight is 235 g/mol. The van der Waals surface area contributed by atoms with Crippen molar-refractivity contribution in [3.8, 4) is 5.75 Å². The molecule has 88 valence electrons. The lowest BCUT2D eigenvalue weighted by molar-refractivity contribution is 0.469. The van der Waals surface area contributed by atoms with E-state index < -0.39 is 11.6 Å². The third-order valence-corrected chi connectivity index (χ3v) is 2.41. The van der Waals surface area contributed by atoms with Crippen LogP contribution in [0.15, 0.2) is 42.5 Å². The average Bonchev–Trinajstić information content (AvgIpc) is 2.33. The van der Waals surface area contributed by atoms with Gasteiger partial charge in [0.1, 0.15) is 5.75 Å². The van der Waals surface area contributed by atoms with Crippen LogP contribution in [0.1, 0.15) is 5.56 Å². The minimum Gasteiger partial charge on any atom is -0.508 e. The van der Waals surface area contributed by atoms with Crippen LogP contribution in [0.4, 0.5) is 14.5 Å². The Labute approximate surface area is 97.5 Å². The molecule has 0 atom stereocenters. The number of hydrogen-bond donors (Lipinski definition) is 2. The van der Waals surface area contributed by atoms with Crippen LogP contribution >= 0.6 is 0 Å². The number of phenols is 1. The van der Waals surface area contributed by atoms with Crippen LogP contribution in [0.2, 0.25) is 0 Å². The van der Waals surface area contributed by atoms with E-state index in [4.69, 9.17) is 0 Å². The lowest BCUT2D eigenvalue weighted by Crippen LogP contribution is -2.02. The molecule has 0 fully saturated rings. The van der Waals surface area contributed by atoms with E-state index in [-0.39, 0.29) is 18.0 Å². The lowest BCUT2D eigenvalue weighted by Gasteiger charge is -2.09. The van der Waals surface area contributed by atoms with Gasteiger partial charge in [-0.2, -0.15) is 0 Å². The zero-order chi connectivity index (χ0) is 12.3. The monoisotopic (exact) mass is 235 g/mol. The molecule has 0 spiro atoms. The van der Waals surface area contributed by atoms with E-state index >= 15 is 0 Å². The van der Waals surface area contributed by atoms with Crippen LogP contribution in [0.5, 0.6) is 5.75 Å². The molecule has 2 rings (SSSR count). The second-order valence-electron chi connectivity index (χ2n) is 3.58. The molecule has 0 aliphatic heterocycles. The maximum absolute atomic E-state index is 13.3. The van der Waals surface area contributed by atoms with Crippen molar-refractivity contribution >= 4 is 5.69 Å². The van der Waals surface area contributed by atoms with Crippen LogP contribution in [-0.2, 0) is 6.54 Å². The predicted octanol–water partition coefficient (Wildman–Crippen LogP) is 3.28. The van der Waals surface area contributed by atoms with Gasteiger partial charge in [0.25, 0.3) is 0 Å². The second-order valence-corrected chi connectivity index (χ2v) is 3.58. The van der Waals surface area contributed by atoms with Gasteiger partial charge in [-0.15, -0.1) is 0 Å². The molecule has 0 bridgehead atoms. The van der Waals surface area contributed by atoms with Crippen LogP contribution < -0.4 is 5.32 Å². The maximum Gasteiger partial charge on any atom is 0.181 e. The largest absolute Gasteiger partial charge is 0.508 e. The summed E-state index contributed by atoms with van der Waals surface area (Å²) in [6.45, 7) is 0.229. The lowest BCUT2D eigenvalue weighted by atomic mass is 10.2. The van der Waals surface area contributed by atoms with Crippen LogP contribution in [0.25, 0.3) is 0 Å². The van der Waals surface area contributed by atoms with Gasteiger partial charge < -0.3 is 10.4 Å². The topological polar surface area (TPSA) is 32.3 Å². The number of benzene rings is 2. The first-order valence-electron chi connectivity index (χ1n) is 5.13. The zero-order valence-electron chi connectivity index (χ0n) is 8.95. The minimum absolute atomic E-state index is 0.0771. The SMILES string of the molecule is Oc1ccccc1CNc1cccc(F)c1F. The summed E-state index contributed by atoms with van der Waals surface area (Å²) in [6, 6.07) is 10.6. The van der Waals surface area contributed by atoms with Crippen molar-refractivity contribution in [2.75, 3.05) is 5.32 Å². The number of aromatic hydroxyl groups is 1. The summed E-state index contributed by atoms with van der Waals surface area (Å²) in [7, 11) is 0. The van der Waals surface area contributed by atoms with Gasteiger partial charge in [-0.05, 0) is 18.2 Å². The van der Waals surface area contributed by atoms with E-state index in [1.807, 2.05) is 0 Å². The van der Waals surface area contributed by atoms with Gasteiger partial charge in [0, 0.05) is 12.1 Å². The Morgan fingerprint density at radius 1 is 1.00 bits per heavy atom. The number of halogens is 2. The molecule has 17 heavy (non-hydrogen) atoms. The van der Waals surface area contributed by atoms with Crippen molar-refractivity contribution in [1.82, 2.24) is 0 Å². The van der Waals surface area contributed by atoms with E-state index in [0.717, 1.165) is 6.07 Å². The number of para-hydroxylation sites is 1. The quantitative estimate of drug-likeness (QED) is 0.855. The fourth-order valence-electron chi connectivity index (χ4n) is 1.49. The summed E-state index contributed by atoms with van der Waals surface area (Å²) in [4.78, 5) is 0. The molecule has 0 radical (unpaired) electrons. The Morgan fingerprint density at radius 2 is 1.76 bits per heavy atom. The molecule has 0 heterocycles. The highest BCUT2D eigenvalue weighted by molar-refractivity contribution is 5.46.